The first kappa shape index (κ1) is 14.5. The van der Waals surface area contributed by atoms with E-state index in [4.69, 9.17) is 4.74 Å². The Morgan fingerprint density at radius 1 is 1.30 bits per heavy atom. The number of likely N-dealkylation sites (N-methyl/N-ethyl adjacent to an activating group) is 1. The summed E-state index contributed by atoms with van der Waals surface area (Å²) < 4.78 is 19.5. The van der Waals surface area contributed by atoms with E-state index < -0.39 is 0 Å². The predicted octanol–water partition coefficient (Wildman–Crippen LogP) is 3.12. The molecule has 0 saturated carbocycles. The van der Waals surface area contributed by atoms with Gasteiger partial charge in [-0.2, -0.15) is 0 Å². The van der Waals surface area contributed by atoms with Crippen LogP contribution in [0.15, 0.2) is 42.7 Å². The average molecular weight is 274 g/mol. The molecule has 0 saturated heterocycles. The maximum absolute atomic E-state index is 14.2. The number of hydrogen-bond acceptors (Lipinski definition) is 3. The van der Waals surface area contributed by atoms with E-state index >= 15 is 0 Å². The molecule has 0 fully saturated rings. The minimum absolute atomic E-state index is 0.139. The molecule has 1 unspecified atom stereocenters. The number of rotatable bonds is 6. The van der Waals surface area contributed by atoms with Crippen LogP contribution in [-0.2, 0) is 6.42 Å². The third-order valence-electron chi connectivity index (χ3n) is 3.19. The summed E-state index contributed by atoms with van der Waals surface area (Å²) in [6.07, 6.45) is 4.20. The highest BCUT2D eigenvalue weighted by Crippen LogP contribution is 2.30. The molecule has 1 N–H and O–H groups in total. The van der Waals surface area contributed by atoms with Crippen molar-refractivity contribution in [1.29, 1.82) is 0 Å². The van der Waals surface area contributed by atoms with Gasteiger partial charge in [0, 0.05) is 24.0 Å². The minimum atomic E-state index is -0.251. The zero-order valence-corrected chi connectivity index (χ0v) is 11.8. The molecule has 0 radical (unpaired) electrons. The Balaban J connectivity index is 2.33. The van der Waals surface area contributed by atoms with Crippen LogP contribution in [0.25, 0.3) is 0 Å². The molecule has 4 heteroatoms. The third-order valence-corrected chi connectivity index (χ3v) is 3.19. The number of benzene rings is 1. The fourth-order valence-corrected chi connectivity index (χ4v) is 2.31. The number of methoxy groups -OCH3 is 1. The van der Waals surface area contributed by atoms with E-state index in [1.54, 1.807) is 31.6 Å². The van der Waals surface area contributed by atoms with Crippen molar-refractivity contribution in [2.75, 3.05) is 13.7 Å². The van der Waals surface area contributed by atoms with Gasteiger partial charge in [0.05, 0.1) is 7.11 Å². The highest BCUT2D eigenvalue weighted by Gasteiger charge is 2.20. The van der Waals surface area contributed by atoms with Crippen LogP contribution in [-0.4, -0.2) is 18.6 Å². The van der Waals surface area contributed by atoms with Crippen molar-refractivity contribution in [3.8, 4) is 5.75 Å². The molecule has 3 nitrogen and oxygen atoms in total. The van der Waals surface area contributed by atoms with Crippen molar-refractivity contribution in [1.82, 2.24) is 10.3 Å². The molecular formula is C16H19FN2O. The van der Waals surface area contributed by atoms with Crippen LogP contribution < -0.4 is 10.1 Å². The van der Waals surface area contributed by atoms with Gasteiger partial charge in [-0.15, -0.1) is 0 Å². The quantitative estimate of drug-likeness (QED) is 0.878. The Morgan fingerprint density at radius 3 is 2.80 bits per heavy atom. The molecule has 20 heavy (non-hydrogen) atoms. The molecule has 0 aliphatic rings. The van der Waals surface area contributed by atoms with Gasteiger partial charge in [-0.1, -0.05) is 19.1 Å². The van der Waals surface area contributed by atoms with E-state index in [0.29, 0.717) is 17.7 Å². The summed E-state index contributed by atoms with van der Waals surface area (Å²) in [5.41, 5.74) is 1.63. The van der Waals surface area contributed by atoms with Crippen LogP contribution in [0.3, 0.4) is 0 Å². The van der Waals surface area contributed by atoms with E-state index in [2.05, 4.69) is 10.3 Å². The third kappa shape index (κ3) is 3.33. The monoisotopic (exact) mass is 274 g/mol. The van der Waals surface area contributed by atoms with E-state index in [0.717, 1.165) is 12.1 Å². The molecule has 2 aromatic rings. The zero-order valence-electron chi connectivity index (χ0n) is 11.8. The molecular weight excluding hydrogens is 255 g/mol. The van der Waals surface area contributed by atoms with Gasteiger partial charge in [0.2, 0.25) is 0 Å². The molecule has 106 valence electrons. The Kier molecular flexibility index (Phi) is 5.07. The van der Waals surface area contributed by atoms with Gasteiger partial charge in [0.25, 0.3) is 0 Å². The number of nitrogens with one attached hydrogen (secondary N) is 1. The van der Waals surface area contributed by atoms with Gasteiger partial charge in [0.1, 0.15) is 11.6 Å². The summed E-state index contributed by atoms with van der Waals surface area (Å²) >= 11 is 0. The van der Waals surface area contributed by atoms with Crippen LogP contribution in [0.5, 0.6) is 5.75 Å². The second-order valence-electron chi connectivity index (χ2n) is 4.53. The summed E-state index contributed by atoms with van der Waals surface area (Å²) in [5, 5.41) is 3.32. The topological polar surface area (TPSA) is 34.2 Å². The molecule has 2 rings (SSSR count). The Morgan fingerprint density at radius 2 is 2.15 bits per heavy atom. The highest BCUT2D eigenvalue weighted by atomic mass is 19.1. The molecule has 0 aliphatic heterocycles. The van der Waals surface area contributed by atoms with Crippen molar-refractivity contribution in [3.63, 3.8) is 0 Å². The van der Waals surface area contributed by atoms with Crippen LogP contribution >= 0.6 is 0 Å². The summed E-state index contributed by atoms with van der Waals surface area (Å²) in [4.78, 5) is 4.10. The number of nitrogens with zero attached hydrogens (tertiary/aromatic N) is 1. The summed E-state index contributed by atoms with van der Waals surface area (Å²) in [7, 11) is 1.56. The first-order chi connectivity index (χ1) is 9.76. The van der Waals surface area contributed by atoms with E-state index in [9.17, 15) is 4.39 Å². The van der Waals surface area contributed by atoms with E-state index in [1.165, 1.54) is 6.07 Å². The Bertz CT molecular complexity index is 545. The molecule has 1 atom stereocenters. The normalized spacial score (nSPS) is 12.2. The summed E-state index contributed by atoms with van der Waals surface area (Å²) in [6, 6.07) is 8.64. The van der Waals surface area contributed by atoms with Crippen molar-refractivity contribution in [3.05, 3.63) is 59.7 Å². The van der Waals surface area contributed by atoms with Gasteiger partial charge in [0.15, 0.2) is 0 Å². The Hall–Kier alpha value is -1.94. The first-order valence-electron chi connectivity index (χ1n) is 6.71. The zero-order chi connectivity index (χ0) is 14.4. The minimum Gasteiger partial charge on any atom is -0.496 e. The van der Waals surface area contributed by atoms with Crippen LogP contribution in [0.1, 0.15) is 24.1 Å². The summed E-state index contributed by atoms with van der Waals surface area (Å²) in [6.45, 7) is 2.76. The summed E-state index contributed by atoms with van der Waals surface area (Å²) in [5.74, 6) is 0.319. The fourth-order valence-electron chi connectivity index (χ4n) is 2.31. The predicted molar refractivity (Wildman–Crippen MR) is 77.3 cm³/mol. The highest BCUT2D eigenvalue weighted by molar-refractivity contribution is 5.38. The standard InChI is InChI=1S/C16H19FN2O/c1-3-19-14(10-12-6-5-9-18-11-12)16-13(17)7-4-8-15(16)20-2/h4-9,11,14,19H,3,10H2,1-2H3. The van der Waals surface area contributed by atoms with Crippen molar-refractivity contribution >= 4 is 0 Å². The smallest absolute Gasteiger partial charge is 0.131 e. The van der Waals surface area contributed by atoms with Crippen LogP contribution in [0.4, 0.5) is 4.39 Å². The molecule has 1 aromatic carbocycles. The largest absolute Gasteiger partial charge is 0.496 e. The van der Waals surface area contributed by atoms with E-state index in [1.807, 2.05) is 19.1 Å². The number of aromatic nitrogens is 1. The molecule has 0 amide bonds. The molecule has 1 aromatic heterocycles. The number of halogens is 1. The Labute approximate surface area is 118 Å². The number of pyridine rings is 1. The van der Waals surface area contributed by atoms with Crippen molar-refractivity contribution in [2.24, 2.45) is 0 Å². The lowest BCUT2D eigenvalue weighted by molar-refractivity contribution is 0.390. The van der Waals surface area contributed by atoms with Gasteiger partial charge < -0.3 is 10.1 Å². The van der Waals surface area contributed by atoms with Gasteiger partial charge >= 0.3 is 0 Å². The second-order valence-corrected chi connectivity index (χ2v) is 4.53. The fraction of sp³-hybridized carbons (Fsp3) is 0.312. The average Bonchev–Trinajstić information content (AvgIpc) is 2.47. The van der Waals surface area contributed by atoms with Gasteiger partial charge in [-0.25, -0.2) is 4.39 Å². The van der Waals surface area contributed by atoms with Crippen LogP contribution in [0, 0.1) is 5.82 Å². The number of ether oxygens (including phenoxy) is 1. The first-order valence-corrected chi connectivity index (χ1v) is 6.71. The second kappa shape index (κ2) is 7.01. The van der Waals surface area contributed by atoms with Crippen LogP contribution in [0.2, 0.25) is 0 Å². The lowest BCUT2D eigenvalue weighted by Crippen LogP contribution is -2.24. The lowest BCUT2D eigenvalue weighted by Gasteiger charge is -2.21. The maximum Gasteiger partial charge on any atom is 0.131 e. The molecule has 0 bridgehead atoms. The van der Waals surface area contributed by atoms with Crippen molar-refractivity contribution < 1.29 is 9.13 Å². The molecule has 0 spiro atoms. The maximum atomic E-state index is 14.2. The van der Waals surface area contributed by atoms with Gasteiger partial charge in [-0.3, -0.25) is 4.98 Å². The molecule has 1 heterocycles. The van der Waals surface area contributed by atoms with Crippen molar-refractivity contribution in [2.45, 2.75) is 19.4 Å². The van der Waals surface area contributed by atoms with E-state index in [-0.39, 0.29) is 11.9 Å². The SMILES string of the molecule is CCNC(Cc1cccnc1)c1c(F)cccc1OC. The lowest BCUT2D eigenvalue weighted by atomic mass is 9.98. The molecule has 0 aliphatic carbocycles. The number of hydrogen-bond donors (Lipinski definition) is 1. The van der Waals surface area contributed by atoms with Gasteiger partial charge in [-0.05, 0) is 36.7 Å².